The van der Waals surface area contributed by atoms with Crippen LogP contribution in [-0.2, 0) is 0 Å². The van der Waals surface area contributed by atoms with Crippen LogP contribution in [-0.4, -0.2) is 19.6 Å². The van der Waals surface area contributed by atoms with Crippen LogP contribution in [0.4, 0.5) is 0 Å². The zero-order chi connectivity index (χ0) is 15.1. The molecule has 0 fully saturated rings. The van der Waals surface area contributed by atoms with E-state index in [4.69, 9.17) is 4.42 Å². The van der Waals surface area contributed by atoms with Crippen molar-refractivity contribution in [1.29, 1.82) is 0 Å². The molecule has 6 nitrogen and oxygen atoms in total. The lowest BCUT2D eigenvalue weighted by Crippen LogP contribution is -1.93. The van der Waals surface area contributed by atoms with E-state index in [1.165, 1.54) is 5.56 Å². The second-order valence-corrected chi connectivity index (χ2v) is 5.07. The Morgan fingerprint density at radius 1 is 1.18 bits per heavy atom. The summed E-state index contributed by atoms with van der Waals surface area (Å²) in [5.41, 5.74) is 4.77. The van der Waals surface area contributed by atoms with E-state index in [9.17, 15) is 4.79 Å². The molecule has 0 aliphatic heterocycles. The molecule has 108 valence electrons. The van der Waals surface area contributed by atoms with Gasteiger partial charge in [-0.1, -0.05) is 23.8 Å². The molecular formula is C16H12N4O2. The van der Waals surface area contributed by atoms with Crippen LogP contribution in [0.5, 0.6) is 0 Å². The molecule has 0 atom stereocenters. The summed E-state index contributed by atoms with van der Waals surface area (Å²) in [4.78, 5) is 15.5. The van der Waals surface area contributed by atoms with Crippen molar-refractivity contribution in [3.8, 4) is 22.7 Å². The molecule has 0 unspecified atom stereocenters. The van der Waals surface area contributed by atoms with Crippen molar-refractivity contribution in [3.63, 3.8) is 0 Å². The van der Waals surface area contributed by atoms with Crippen LogP contribution in [0, 0.1) is 6.92 Å². The molecule has 0 spiro atoms. The molecule has 0 bridgehead atoms. The zero-order valence-electron chi connectivity index (χ0n) is 11.8. The molecule has 1 N–H and O–H groups in total. The normalized spacial score (nSPS) is 11.1. The highest BCUT2D eigenvalue weighted by atomic mass is 16.4. The summed E-state index contributed by atoms with van der Waals surface area (Å²) >= 11 is 0. The Kier molecular flexibility index (Phi) is 2.69. The predicted molar refractivity (Wildman–Crippen MR) is 81.5 cm³/mol. The van der Waals surface area contributed by atoms with Crippen LogP contribution in [0.15, 0.2) is 58.0 Å². The summed E-state index contributed by atoms with van der Waals surface area (Å²) < 4.78 is 6.96. The Labute approximate surface area is 125 Å². The van der Waals surface area contributed by atoms with Gasteiger partial charge in [0.1, 0.15) is 5.65 Å². The fourth-order valence-electron chi connectivity index (χ4n) is 2.48. The maximum Gasteiger partial charge on any atom is 0.434 e. The molecule has 0 aliphatic carbocycles. The third-order valence-electron chi connectivity index (χ3n) is 3.51. The number of fused-ring (bicyclic) bond motifs is 1. The van der Waals surface area contributed by atoms with Crippen molar-refractivity contribution < 1.29 is 4.42 Å². The standard InChI is InChI=1S/C16H12N4O2/c1-10-3-2-4-11(7-10)13-9-17-14-8-12(5-6-20(13)14)15-18-19-16(21)22-15/h2-9H,1H3,(H,19,21). The summed E-state index contributed by atoms with van der Waals surface area (Å²) in [6.45, 7) is 2.06. The summed E-state index contributed by atoms with van der Waals surface area (Å²) in [6.07, 6.45) is 3.72. The molecule has 0 saturated carbocycles. The average molecular weight is 292 g/mol. The Bertz CT molecular complexity index is 1030. The van der Waals surface area contributed by atoms with E-state index in [1.807, 2.05) is 35.0 Å². The zero-order valence-corrected chi connectivity index (χ0v) is 11.8. The van der Waals surface area contributed by atoms with Crippen LogP contribution in [0.1, 0.15) is 5.56 Å². The molecule has 1 aromatic carbocycles. The second-order valence-electron chi connectivity index (χ2n) is 5.07. The van der Waals surface area contributed by atoms with Gasteiger partial charge in [-0.05, 0) is 25.1 Å². The Morgan fingerprint density at radius 3 is 2.86 bits per heavy atom. The van der Waals surface area contributed by atoms with Gasteiger partial charge in [0, 0.05) is 17.3 Å². The summed E-state index contributed by atoms with van der Waals surface area (Å²) in [6, 6.07) is 11.9. The third kappa shape index (κ3) is 2.01. The molecule has 3 aromatic heterocycles. The lowest BCUT2D eigenvalue weighted by atomic mass is 10.1. The molecule has 22 heavy (non-hydrogen) atoms. The Morgan fingerprint density at radius 2 is 2.09 bits per heavy atom. The van der Waals surface area contributed by atoms with Gasteiger partial charge in [-0.25, -0.2) is 14.9 Å². The number of hydrogen-bond acceptors (Lipinski definition) is 4. The first kappa shape index (κ1) is 12.6. The van der Waals surface area contributed by atoms with Gasteiger partial charge in [0.05, 0.1) is 11.9 Å². The first-order chi connectivity index (χ1) is 10.7. The van der Waals surface area contributed by atoms with Gasteiger partial charge >= 0.3 is 5.76 Å². The van der Waals surface area contributed by atoms with E-state index >= 15 is 0 Å². The highest BCUT2D eigenvalue weighted by molar-refractivity contribution is 5.67. The third-order valence-corrected chi connectivity index (χ3v) is 3.51. The monoisotopic (exact) mass is 292 g/mol. The topological polar surface area (TPSA) is 76.2 Å². The van der Waals surface area contributed by atoms with Crippen molar-refractivity contribution in [1.82, 2.24) is 19.6 Å². The highest BCUT2D eigenvalue weighted by Crippen LogP contribution is 2.24. The highest BCUT2D eigenvalue weighted by Gasteiger charge is 2.10. The van der Waals surface area contributed by atoms with Gasteiger partial charge in [0.15, 0.2) is 0 Å². The lowest BCUT2D eigenvalue weighted by molar-refractivity contribution is 0.527. The fraction of sp³-hybridized carbons (Fsp3) is 0.0625. The Hall–Kier alpha value is -3.15. The van der Waals surface area contributed by atoms with Crippen LogP contribution in [0.3, 0.4) is 0 Å². The number of nitrogens with zero attached hydrogens (tertiary/aromatic N) is 3. The van der Waals surface area contributed by atoms with Crippen molar-refractivity contribution >= 4 is 5.65 Å². The fourth-order valence-corrected chi connectivity index (χ4v) is 2.48. The number of rotatable bonds is 2. The van der Waals surface area contributed by atoms with Gasteiger partial charge in [-0.15, -0.1) is 5.10 Å². The number of benzene rings is 1. The van der Waals surface area contributed by atoms with Crippen molar-refractivity contribution in [2.24, 2.45) is 0 Å². The van der Waals surface area contributed by atoms with E-state index in [0.29, 0.717) is 5.56 Å². The van der Waals surface area contributed by atoms with E-state index in [0.717, 1.165) is 16.9 Å². The molecule has 4 rings (SSSR count). The van der Waals surface area contributed by atoms with Crippen molar-refractivity contribution in [3.05, 3.63) is 64.9 Å². The smallest absolute Gasteiger partial charge is 0.388 e. The number of hydrogen-bond donors (Lipinski definition) is 1. The number of aromatic amines is 1. The number of imidazole rings is 1. The van der Waals surface area contributed by atoms with E-state index in [2.05, 4.69) is 40.3 Å². The molecule has 0 radical (unpaired) electrons. The van der Waals surface area contributed by atoms with Crippen LogP contribution in [0.2, 0.25) is 0 Å². The van der Waals surface area contributed by atoms with Gasteiger partial charge < -0.3 is 4.42 Å². The Balaban J connectivity index is 1.85. The summed E-state index contributed by atoms with van der Waals surface area (Å²) in [7, 11) is 0. The lowest BCUT2D eigenvalue weighted by Gasteiger charge is -2.03. The predicted octanol–water partition coefficient (Wildman–Crippen LogP) is 2.65. The average Bonchev–Trinajstić information content (AvgIpc) is 3.12. The minimum atomic E-state index is -0.571. The molecule has 6 heteroatoms. The second kappa shape index (κ2) is 4.70. The van der Waals surface area contributed by atoms with Crippen LogP contribution < -0.4 is 5.76 Å². The molecule has 3 heterocycles. The minimum absolute atomic E-state index is 0.257. The maximum atomic E-state index is 11.0. The minimum Gasteiger partial charge on any atom is -0.388 e. The number of aryl methyl sites for hydroxylation is 1. The van der Waals surface area contributed by atoms with Gasteiger partial charge in [-0.3, -0.25) is 4.40 Å². The number of nitrogens with one attached hydrogen (secondary N) is 1. The van der Waals surface area contributed by atoms with Crippen LogP contribution >= 0.6 is 0 Å². The summed E-state index contributed by atoms with van der Waals surface area (Å²) in [5.74, 6) is -0.314. The number of aromatic nitrogens is 4. The van der Waals surface area contributed by atoms with E-state index in [1.54, 1.807) is 0 Å². The first-order valence-electron chi connectivity index (χ1n) is 6.81. The van der Waals surface area contributed by atoms with Gasteiger partial charge in [-0.2, -0.15) is 0 Å². The molecular weight excluding hydrogens is 280 g/mol. The van der Waals surface area contributed by atoms with Crippen LogP contribution in [0.25, 0.3) is 28.4 Å². The summed E-state index contributed by atoms with van der Waals surface area (Å²) in [5, 5.41) is 6.08. The van der Waals surface area contributed by atoms with Gasteiger partial charge in [0.25, 0.3) is 0 Å². The van der Waals surface area contributed by atoms with Crippen molar-refractivity contribution in [2.75, 3.05) is 0 Å². The molecule has 0 saturated heterocycles. The molecule has 0 amide bonds. The molecule has 4 aromatic rings. The number of pyridine rings is 1. The van der Waals surface area contributed by atoms with Gasteiger partial charge in [0.2, 0.25) is 5.89 Å². The maximum absolute atomic E-state index is 11.0. The van der Waals surface area contributed by atoms with E-state index in [-0.39, 0.29) is 5.89 Å². The number of H-pyrrole nitrogens is 1. The van der Waals surface area contributed by atoms with E-state index < -0.39 is 5.76 Å². The first-order valence-corrected chi connectivity index (χ1v) is 6.81. The molecule has 0 aliphatic rings. The SMILES string of the molecule is Cc1cccc(-c2cnc3cc(-c4n[nH]c(=O)o4)ccn23)c1. The van der Waals surface area contributed by atoms with Crippen molar-refractivity contribution in [2.45, 2.75) is 6.92 Å². The quantitative estimate of drug-likeness (QED) is 0.616. The largest absolute Gasteiger partial charge is 0.434 e.